The van der Waals surface area contributed by atoms with Crippen molar-refractivity contribution in [3.8, 4) is 0 Å². The van der Waals surface area contributed by atoms with Crippen molar-refractivity contribution in [3.05, 3.63) is 53.0 Å². The Hall–Kier alpha value is -2.80. The molecule has 0 fully saturated rings. The maximum Gasteiger partial charge on any atom is 0.262 e. The van der Waals surface area contributed by atoms with Gasteiger partial charge in [0.1, 0.15) is 6.04 Å². The topological polar surface area (TPSA) is 84.0 Å². The average Bonchev–Trinajstić information content (AvgIpc) is 3.13. The third kappa shape index (κ3) is 4.00. The van der Waals surface area contributed by atoms with Crippen LogP contribution in [0.1, 0.15) is 23.5 Å². The van der Waals surface area contributed by atoms with E-state index in [1.54, 1.807) is 42.7 Å². The first-order valence-corrected chi connectivity index (χ1v) is 8.78. The molecule has 3 rings (SSSR count). The van der Waals surface area contributed by atoms with Crippen LogP contribution in [0.4, 0.5) is 5.69 Å². The van der Waals surface area contributed by atoms with E-state index in [1.165, 1.54) is 11.3 Å². The van der Waals surface area contributed by atoms with Gasteiger partial charge in [-0.15, -0.1) is 11.3 Å². The predicted molar refractivity (Wildman–Crippen MR) is 98.6 cm³/mol. The first kappa shape index (κ1) is 17.0. The van der Waals surface area contributed by atoms with Crippen molar-refractivity contribution in [2.45, 2.75) is 19.9 Å². The van der Waals surface area contributed by atoms with Crippen LogP contribution in [0.5, 0.6) is 0 Å². The smallest absolute Gasteiger partial charge is 0.262 e. The van der Waals surface area contributed by atoms with Crippen LogP contribution in [0.15, 0.2) is 48.1 Å². The van der Waals surface area contributed by atoms with Crippen molar-refractivity contribution in [3.63, 3.8) is 0 Å². The van der Waals surface area contributed by atoms with Crippen molar-refractivity contribution in [1.29, 1.82) is 0 Å². The van der Waals surface area contributed by atoms with E-state index < -0.39 is 6.04 Å². The summed E-state index contributed by atoms with van der Waals surface area (Å²) in [6, 6.07) is 8.24. The fourth-order valence-corrected chi connectivity index (χ4v) is 3.04. The lowest BCUT2D eigenvalue weighted by atomic mass is 10.0. The highest BCUT2D eigenvalue weighted by Gasteiger charge is 2.25. The summed E-state index contributed by atoms with van der Waals surface area (Å²) in [5.41, 5.74) is 2.07. The van der Waals surface area contributed by atoms with Crippen LogP contribution in [0.3, 0.4) is 0 Å². The molecule has 2 aromatic heterocycles. The monoisotopic (exact) mass is 354 g/mol. The van der Waals surface area contributed by atoms with Crippen LogP contribution in [0.25, 0.3) is 11.0 Å². The van der Waals surface area contributed by atoms with Crippen LogP contribution in [-0.2, 0) is 4.79 Å². The maximum atomic E-state index is 12.6. The molecule has 0 saturated heterocycles. The highest BCUT2D eigenvalue weighted by Crippen LogP contribution is 2.16. The number of carbonyl (C=O) groups excluding carboxylic acids is 2. The Morgan fingerprint density at radius 3 is 2.52 bits per heavy atom. The Morgan fingerprint density at radius 2 is 1.84 bits per heavy atom. The highest BCUT2D eigenvalue weighted by molar-refractivity contribution is 7.12. The number of thiophene rings is 1. The van der Waals surface area contributed by atoms with E-state index in [0.717, 1.165) is 5.52 Å². The van der Waals surface area contributed by atoms with Gasteiger partial charge in [-0.2, -0.15) is 0 Å². The zero-order chi connectivity index (χ0) is 17.8. The Bertz CT molecular complexity index is 893. The third-order valence-corrected chi connectivity index (χ3v) is 4.59. The van der Waals surface area contributed by atoms with Gasteiger partial charge in [0, 0.05) is 18.1 Å². The van der Waals surface area contributed by atoms with E-state index in [9.17, 15) is 9.59 Å². The molecule has 0 aliphatic heterocycles. The second-order valence-electron chi connectivity index (χ2n) is 5.92. The Labute approximate surface area is 149 Å². The molecular weight excluding hydrogens is 336 g/mol. The molecule has 0 saturated carbocycles. The van der Waals surface area contributed by atoms with Crippen LogP contribution in [0.2, 0.25) is 0 Å². The summed E-state index contributed by atoms with van der Waals surface area (Å²) >= 11 is 1.34. The lowest BCUT2D eigenvalue weighted by molar-refractivity contribution is -0.118. The number of rotatable bonds is 5. The molecule has 2 amide bonds. The van der Waals surface area contributed by atoms with Crippen molar-refractivity contribution >= 4 is 39.9 Å². The van der Waals surface area contributed by atoms with Crippen LogP contribution in [0, 0.1) is 5.92 Å². The molecule has 7 heteroatoms. The second kappa shape index (κ2) is 7.40. The number of aromatic nitrogens is 2. The average molecular weight is 354 g/mol. The molecule has 2 heterocycles. The molecule has 0 aliphatic carbocycles. The summed E-state index contributed by atoms with van der Waals surface area (Å²) in [6.45, 7) is 3.79. The number of benzene rings is 1. The van der Waals surface area contributed by atoms with Crippen LogP contribution in [-0.4, -0.2) is 27.8 Å². The molecule has 25 heavy (non-hydrogen) atoms. The number of carbonyl (C=O) groups is 2. The van der Waals surface area contributed by atoms with E-state index in [0.29, 0.717) is 16.1 Å². The van der Waals surface area contributed by atoms with Gasteiger partial charge in [-0.1, -0.05) is 19.9 Å². The minimum Gasteiger partial charge on any atom is -0.339 e. The minimum atomic E-state index is -0.632. The number of anilines is 1. The second-order valence-corrected chi connectivity index (χ2v) is 6.87. The van der Waals surface area contributed by atoms with Gasteiger partial charge in [0.05, 0.1) is 15.9 Å². The van der Waals surface area contributed by atoms with Gasteiger partial charge < -0.3 is 10.6 Å². The zero-order valence-corrected chi connectivity index (χ0v) is 14.7. The molecule has 2 N–H and O–H groups in total. The Kier molecular flexibility index (Phi) is 5.04. The first-order chi connectivity index (χ1) is 12.0. The van der Waals surface area contributed by atoms with E-state index in [2.05, 4.69) is 20.6 Å². The summed E-state index contributed by atoms with van der Waals surface area (Å²) in [5.74, 6) is -0.555. The first-order valence-electron chi connectivity index (χ1n) is 7.90. The fourth-order valence-electron chi connectivity index (χ4n) is 2.42. The lowest BCUT2D eigenvalue weighted by Crippen LogP contribution is -2.46. The summed E-state index contributed by atoms with van der Waals surface area (Å²) in [4.78, 5) is 33.9. The minimum absolute atomic E-state index is 0.0517. The van der Waals surface area contributed by atoms with Gasteiger partial charge in [0.2, 0.25) is 5.91 Å². The largest absolute Gasteiger partial charge is 0.339 e. The van der Waals surface area contributed by atoms with E-state index >= 15 is 0 Å². The standard InChI is InChI=1S/C18H18N4O2S/c1-11(2)16(22-17(23)15-4-3-9-25-15)18(24)21-12-5-6-13-14(10-12)20-8-7-19-13/h3-11,16H,1-2H3,(H,21,24)(H,22,23)/t16-/m1/s1. The van der Waals surface area contributed by atoms with E-state index in [-0.39, 0.29) is 17.7 Å². The van der Waals surface area contributed by atoms with Gasteiger partial charge in [-0.25, -0.2) is 0 Å². The number of hydrogen-bond acceptors (Lipinski definition) is 5. The van der Waals surface area contributed by atoms with Crippen LogP contribution < -0.4 is 10.6 Å². The van der Waals surface area contributed by atoms with E-state index in [1.807, 2.05) is 19.2 Å². The molecule has 0 spiro atoms. The molecule has 1 atom stereocenters. The van der Waals surface area contributed by atoms with Crippen molar-refractivity contribution in [2.75, 3.05) is 5.32 Å². The fraction of sp³-hybridized carbons (Fsp3) is 0.222. The molecule has 0 aliphatic rings. The molecule has 0 unspecified atom stereocenters. The summed E-state index contributed by atoms with van der Waals surface area (Å²) < 4.78 is 0. The van der Waals surface area contributed by atoms with Gasteiger partial charge in [0.15, 0.2) is 0 Å². The maximum absolute atomic E-state index is 12.6. The predicted octanol–water partition coefficient (Wildman–Crippen LogP) is 3.08. The van der Waals surface area contributed by atoms with Gasteiger partial charge in [-0.05, 0) is 35.6 Å². The van der Waals surface area contributed by atoms with Gasteiger partial charge in [-0.3, -0.25) is 19.6 Å². The molecule has 1 aromatic carbocycles. The Morgan fingerprint density at radius 1 is 1.08 bits per heavy atom. The van der Waals surface area contributed by atoms with Crippen LogP contribution >= 0.6 is 11.3 Å². The number of hydrogen-bond donors (Lipinski definition) is 2. The summed E-state index contributed by atoms with van der Waals surface area (Å²) in [6.07, 6.45) is 3.22. The highest BCUT2D eigenvalue weighted by atomic mass is 32.1. The Balaban J connectivity index is 1.74. The molecule has 128 valence electrons. The lowest BCUT2D eigenvalue weighted by Gasteiger charge is -2.21. The van der Waals surface area contributed by atoms with Gasteiger partial charge in [0.25, 0.3) is 5.91 Å². The molecule has 0 radical (unpaired) electrons. The third-order valence-electron chi connectivity index (χ3n) is 3.72. The summed E-state index contributed by atoms with van der Waals surface area (Å²) in [7, 11) is 0. The number of nitrogens with zero attached hydrogens (tertiary/aromatic N) is 2. The van der Waals surface area contributed by atoms with Crippen molar-refractivity contribution < 1.29 is 9.59 Å². The number of fused-ring (bicyclic) bond motifs is 1. The van der Waals surface area contributed by atoms with Crippen molar-refractivity contribution in [1.82, 2.24) is 15.3 Å². The van der Waals surface area contributed by atoms with Crippen molar-refractivity contribution in [2.24, 2.45) is 5.92 Å². The quantitative estimate of drug-likeness (QED) is 0.737. The molecule has 6 nitrogen and oxygen atoms in total. The normalized spacial score (nSPS) is 12.1. The molecule has 3 aromatic rings. The van der Waals surface area contributed by atoms with Gasteiger partial charge >= 0.3 is 0 Å². The molecular formula is C18H18N4O2S. The number of amides is 2. The number of nitrogens with one attached hydrogen (secondary N) is 2. The summed E-state index contributed by atoms with van der Waals surface area (Å²) in [5, 5.41) is 7.48. The zero-order valence-electron chi connectivity index (χ0n) is 13.9. The SMILES string of the molecule is CC(C)[C@@H](NC(=O)c1cccs1)C(=O)Nc1ccc2nccnc2c1. The molecule has 0 bridgehead atoms. The van der Waals surface area contributed by atoms with E-state index in [4.69, 9.17) is 0 Å².